The summed E-state index contributed by atoms with van der Waals surface area (Å²) in [5.41, 5.74) is 0.987. The molecule has 12 nitrogen and oxygen atoms in total. The highest BCUT2D eigenvalue weighted by atomic mass is 32.2. The number of fused-ring (bicyclic) bond motifs is 1. The van der Waals surface area contributed by atoms with Gasteiger partial charge in [0.25, 0.3) is 5.91 Å². The number of thioether (sulfide) groups is 2. The lowest BCUT2D eigenvalue weighted by atomic mass is 10.0. The number of aliphatic carboxylic acids is 1. The Kier molecular flexibility index (Phi) is 6.74. The molecule has 1 unspecified atom stereocenters. The first-order valence-corrected chi connectivity index (χ1v) is 11.7. The number of carbonyl (C=O) groups excluding carboxylic acids is 2. The third kappa shape index (κ3) is 4.98. The number of aromatic amines is 2. The van der Waals surface area contributed by atoms with Crippen LogP contribution in [0.5, 0.6) is 0 Å². The number of carboxylic acids is 1. The number of β-lactam (4-membered cyclic amide) rings is 1. The summed E-state index contributed by atoms with van der Waals surface area (Å²) in [6.45, 7) is -0.253. The molecular formula is C17H17F3N8O4S2. The molecule has 2 aromatic rings. The molecule has 0 spiro atoms. The Balaban J connectivity index is 1.35. The molecule has 5 N–H and O–H groups in total. The zero-order valence-electron chi connectivity index (χ0n) is 17.0. The van der Waals surface area contributed by atoms with Gasteiger partial charge in [-0.25, -0.2) is 9.78 Å². The van der Waals surface area contributed by atoms with E-state index in [0.29, 0.717) is 27.8 Å². The fourth-order valence-electron chi connectivity index (χ4n) is 3.33. The predicted molar refractivity (Wildman–Crippen MR) is 114 cm³/mol. The van der Waals surface area contributed by atoms with Gasteiger partial charge in [0, 0.05) is 30.2 Å². The molecule has 2 aliphatic heterocycles. The highest BCUT2D eigenvalue weighted by Gasteiger charge is 2.53. The predicted octanol–water partition coefficient (Wildman–Crippen LogP) is 0.575. The summed E-state index contributed by atoms with van der Waals surface area (Å²) in [4.78, 5) is 43.6. The van der Waals surface area contributed by atoms with Crippen molar-refractivity contribution >= 4 is 47.3 Å². The fraction of sp³-hybridized carbons (Fsp3) is 0.412. The fourth-order valence-corrected chi connectivity index (χ4v) is 5.60. The molecule has 0 aliphatic carbocycles. The van der Waals surface area contributed by atoms with Crippen LogP contribution < -0.4 is 10.6 Å². The van der Waals surface area contributed by atoms with E-state index in [-0.39, 0.29) is 24.6 Å². The van der Waals surface area contributed by atoms with Crippen molar-refractivity contribution in [3.8, 4) is 0 Å². The molecule has 34 heavy (non-hydrogen) atoms. The third-order valence-electron chi connectivity index (χ3n) is 4.90. The number of carbonyl (C=O) groups is 3. The van der Waals surface area contributed by atoms with Gasteiger partial charge in [-0.1, -0.05) is 11.8 Å². The van der Waals surface area contributed by atoms with E-state index in [4.69, 9.17) is 0 Å². The van der Waals surface area contributed by atoms with Crippen LogP contribution in [0.15, 0.2) is 28.7 Å². The van der Waals surface area contributed by atoms with E-state index in [0.717, 1.165) is 0 Å². The van der Waals surface area contributed by atoms with E-state index in [1.165, 1.54) is 40.8 Å². The van der Waals surface area contributed by atoms with Crippen molar-refractivity contribution in [2.24, 2.45) is 0 Å². The van der Waals surface area contributed by atoms with Crippen molar-refractivity contribution in [1.82, 2.24) is 35.6 Å². The van der Waals surface area contributed by atoms with E-state index < -0.39 is 35.4 Å². The minimum absolute atomic E-state index is 0.0525. The lowest BCUT2D eigenvalue weighted by Crippen LogP contribution is -2.67. The summed E-state index contributed by atoms with van der Waals surface area (Å²) in [7, 11) is 0. The highest BCUT2D eigenvalue weighted by molar-refractivity contribution is 8.01. The second kappa shape index (κ2) is 9.57. The van der Waals surface area contributed by atoms with Gasteiger partial charge in [-0.3, -0.25) is 14.5 Å². The zero-order valence-corrected chi connectivity index (χ0v) is 18.7. The van der Waals surface area contributed by atoms with Crippen LogP contribution in [0.2, 0.25) is 0 Å². The average molecular weight is 519 g/mol. The number of hydrogen-bond donors (Lipinski definition) is 5. The standard InChI is InChI=1S/C17H17F3N8O4S2/c18-17(19,20)15(32)21-2-1-8-3-22-16(24-8)25-10-12(29)28-11(14(30)31)7(6-34-13(10)28)5-33-9-4-23-27-26-9/h3-4,10,13H,1-2,5-6H2,(H,21,32)(H,30,31)(H2,22,24,25)(H,23,26,27)/t10?,13-/m0/s1. The van der Waals surface area contributed by atoms with Crippen LogP contribution in [0.25, 0.3) is 0 Å². The normalized spacial score (nSPS) is 20.1. The topological polar surface area (TPSA) is 169 Å². The Morgan fingerprint density at radius 2 is 2.15 bits per heavy atom. The minimum atomic E-state index is -4.95. The Morgan fingerprint density at radius 3 is 2.82 bits per heavy atom. The molecule has 1 saturated heterocycles. The van der Waals surface area contributed by atoms with Crippen molar-refractivity contribution in [2.45, 2.75) is 29.0 Å². The number of nitrogens with zero attached hydrogens (tertiary/aromatic N) is 4. The minimum Gasteiger partial charge on any atom is -0.477 e. The third-order valence-corrected chi connectivity index (χ3v) is 7.22. The first kappa shape index (κ1) is 23.9. The van der Waals surface area contributed by atoms with Gasteiger partial charge in [0.15, 0.2) is 0 Å². The van der Waals surface area contributed by atoms with E-state index in [1.807, 2.05) is 0 Å². The van der Waals surface area contributed by atoms with Crippen LogP contribution in [-0.2, 0) is 20.8 Å². The van der Waals surface area contributed by atoms with Gasteiger partial charge in [-0.05, 0) is 5.57 Å². The molecule has 0 saturated carbocycles. The number of rotatable bonds is 9. The van der Waals surface area contributed by atoms with Gasteiger partial charge in [0.05, 0.1) is 12.4 Å². The molecule has 0 bridgehead atoms. The first-order valence-electron chi connectivity index (χ1n) is 9.69. The van der Waals surface area contributed by atoms with E-state index in [2.05, 4.69) is 30.7 Å². The maximum Gasteiger partial charge on any atom is 0.471 e. The smallest absolute Gasteiger partial charge is 0.471 e. The Hall–Kier alpha value is -3.21. The van der Waals surface area contributed by atoms with Crippen molar-refractivity contribution in [3.63, 3.8) is 0 Å². The van der Waals surface area contributed by atoms with Gasteiger partial charge in [0.1, 0.15) is 22.1 Å². The number of imidazole rings is 1. The van der Waals surface area contributed by atoms with Crippen LogP contribution in [-0.4, -0.2) is 88.8 Å². The maximum absolute atomic E-state index is 12.8. The van der Waals surface area contributed by atoms with Crippen LogP contribution in [0.1, 0.15) is 5.69 Å². The highest BCUT2D eigenvalue weighted by Crippen LogP contribution is 2.42. The van der Waals surface area contributed by atoms with Crippen molar-refractivity contribution < 1.29 is 32.7 Å². The second-order valence-corrected chi connectivity index (χ2v) is 9.25. The Bertz CT molecular complexity index is 1120. The largest absolute Gasteiger partial charge is 0.477 e. The van der Waals surface area contributed by atoms with Crippen molar-refractivity contribution in [3.05, 3.63) is 29.4 Å². The molecule has 0 radical (unpaired) electrons. The summed E-state index contributed by atoms with van der Waals surface area (Å²) in [6, 6.07) is -0.729. The average Bonchev–Trinajstić information content (AvgIpc) is 3.46. The molecule has 182 valence electrons. The molecule has 4 heterocycles. The molecule has 0 aromatic carbocycles. The van der Waals surface area contributed by atoms with Crippen LogP contribution >= 0.6 is 23.5 Å². The number of hydrogen-bond acceptors (Lipinski definition) is 9. The Labute approximate surface area is 197 Å². The van der Waals surface area contributed by atoms with Gasteiger partial charge >= 0.3 is 18.1 Å². The molecule has 2 aromatic heterocycles. The summed E-state index contributed by atoms with van der Waals surface area (Å²) in [5.74, 6) is -2.71. The van der Waals surface area contributed by atoms with Crippen LogP contribution in [0, 0.1) is 0 Å². The number of amides is 2. The number of aromatic nitrogens is 5. The van der Waals surface area contributed by atoms with E-state index in [1.54, 1.807) is 5.32 Å². The van der Waals surface area contributed by atoms with Crippen molar-refractivity contribution in [2.75, 3.05) is 23.4 Å². The second-order valence-electron chi connectivity index (χ2n) is 7.15. The molecule has 4 rings (SSSR count). The van der Waals surface area contributed by atoms with Gasteiger partial charge in [0.2, 0.25) is 5.95 Å². The number of nitrogens with one attached hydrogen (secondary N) is 4. The number of H-pyrrole nitrogens is 2. The summed E-state index contributed by atoms with van der Waals surface area (Å²) >= 11 is 2.71. The number of alkyl halides is 3. The van der Waals surface area contributed by atoms with Gasteiger partial charge < -0.3 is 20.7 Å². The van der Waals surface area contributed by atoms with Crippen LogP contribution in [0.4, 0.5) is 19.1 Å². The summed E-state index contributed by atoms with van der Waals surface area (Å²) < 4.78 is 36.7. The molecule has 2 atom stereocenters. The number of anilines is 1. The lowest BCUT2D eigenvalue weighted by molar-refractivity contribution is -0.173. The molecule has 2 amide bonds. The summed E-state index contributed by atoms with van der Waals surface area (Å²) in [6.07, 6.45) is -2.00. The van der Waals surface area contributed by atoms with E-state index in [9.17, 15) is 32.7 Å². The number of carboxylic acid groups (broad SMARTS) is 1. The quantitative estimate of drug-likeness (QED) is 0.234. The number of halogens is 3. The van der Waals surface area contributed by atoms with Crippen molar-refractivity contribution in [1.29, 1.82) is 0 Å². The Morgan fingerprint density at radius 1 is 1.35 bits per heavy atom. The van der Waals surface area contributed by atoms with Crippen LogP contribution in [0.3, 0.4) is 0 Å². The molecular weight excluding hydrogens is 501 g/mol. The zero-order chi connectivity index (χ0) is 24.5. The monoisotopic (exact) mass is 518 g/mol. The molecule has 17 heteroatoms. The maximum atomic E-state index is 12.8. The first-order chi connectivity index (χ1) is 16.1. The van der Waals surface area contributed by atoms with Gasteiger partial charge in [-0.15, -0.1) is 16.9 Å². The molecule has 1 fully saturated rings. The SMILES string of the molecule is O=C(O)C1=C(CSc2cn[nH]n2)CS[C@H]2C(Nc3ncc(CCNC(=O)C(F)(F)F)[nH]3)C(=O)N12. The van der Waals surface area contributed by atoms with Gasteiger partial charge in [-0.2, -0.15) is 23.5 Å². The molecule has 2 aliphatic rings. The van der Waals surface area contributed by atoms with E-state index >= 15 is 0 Å². The summed E-state index contributed by atoms with van der Waals surface area (Å²) in [5, 5.41) is 24.6. The lowest BCUT2D eigenvalue weighted by Gasteiger charge is -2.49.